The molecule has 0 spiro atoms. The molecule has 110 valence electrons. The summed E-state index contributed by atoms with van der Waals surface area (Å²) in [5.41, 5.74) is 11.5. The van der Waals surface area contributed by atoms with Gasteiger partial charge in [-0.15, -0.1) is 0 Å². The van der Waals surface area contributed by atoms with Crippen molar-refractivity contribution in [1.82, 2.24) is 10.6 Å². The summed E-state index contributed by atoms with van der Waals surface area (Å²) < 4.78 is 6.28. The monoisotopic (exact) mass is 292 g/mol. The molecule has 0 fully saturated rings. The third-order valence-electron chi connectivity index (χ3n) is 2.61. The maximum absolute atomic E-state index is 6.28. The van der Waals surface area contributed by atoms with E-state index in [9.17, 15) is 0 Å². The van der Waals surface area contributed by atoms with Gasteiger partial charge in [0, 0.05) is 31.8 Å². The second kappa shape index (κ2) is 10.1. The van der Waals surface area contributed by atoms with Crippen molar-refractivity contribution in [2.45, 2.75) is 38.3 Å². The Balaban J connectivity index is 4.10. The van der Waals surface area contributed by atoms with Crippen molar-refractivity contribution in [3.63, 3.8) is 0 Å². The molecule has 0 aliphatic carbocycles. The van der Waals surface area contributed by atoms with Crippen molar-refractivity contribution < 1.29 is 4.12 Å². The van der Waals surface area contributed by atoms with E-state index in [4.69, 9.17) is 15.6 Å². The minimum absolute atomic E-state index is 0.491. The number of hydrogen-bond acceptors (Lipinski definition) is 5. The largest absolute Gasteiger partial charge is 0.457 e. The van der Waals surface area contributed by atoms with Crippen LogP contribution in [0.1, 0.15) is 6.42 Å². The van der Waals surface area contributed by atoms with E-state index in [1.54, 1.807) is 0 Å². The number of hydrogen-bond donors (Lipinski definition) is 4. The van der Waals surface area contributed by atoms with Crippen LogP contribution in [-0.2, 0) is 4.12 Å². The first-order valence-electron chi connectivity index (χ1n) is 6.92. The topological polar surface area (TPSA) is 85.3 Å². The number of nitrogens with one attached hydrogen (secondary N) is 2. The van der Waals surface area contributed by atoms with Crippen LogP contribution in [0.3, 0.4) is 0 Å². The summed E-state index contributed by atoms with van der Waals surface area (Å²) in [5, 5.41) is 6.87. The smallest absolute Gasteiger partial charge is 0.176 e. The summed E-state index contributed by atoms with van der Waals surface area (Å²) in [4.78, 5) is 0. The van der Waals surface area contributed by atoms with Crippen LogP contribution in [0.4, 0.5) is 0 Å². The van der Waals surface area contributed by atoms with E-state index < -0.39 is 17.4 Å². The van der Waals surface area contributed by atoms with Crippen LogP contribution in [0.2, 0.25) is 26.2 Å². The zero-order chi connectivity index (χ0) is 14.0. The van der Waals surface area contributed by atoms with Gasteiger partial charge in [0.05, 0.1) is 0 Å². The Hall–Kier alpha value is 0.234. The Morgan fingerprint density at radius 3 is 2.22 bits per heavy atom. The summed E-state index contributed by atoms with van der Waals surface area (Å²) in [7, 11) is -2.63. The maximum atomic E-state index is 6.28. The van der Waals surface area contributed by atoms with E-state index in [1.807, 2.05) is 0 Å². The molecule has 18 heavy (non-hydrogen) atoms. The van der Waals surface area contributed by atoms with Gasteiger partial charge in [-0.1, -0.05) is 0 Å². The molecule has 6 N–H and O–H groups in total. The van der Waals surface area contributed by atoms with Crippen LogP contribution < -0.4 is 22.1 Å². The maximum Gasteiger partial charge on any atom is 0.176 e. The number of rotatable bonds is 11. The van der Waals surface area contributed by atoms with Crippen molar-refractivity contribution >= 4 is 17.4 Å². The van der Waals surface area contributed by atoms with Gasteiger partial charge >= 0.3 is 0 Å². The van der Waals surface area contributed by atoms with E-state index >= 15 is 0 Å². The molecule has 0 aromatic heterocycles. The fourth-order valence-electron chi connectivity index (χ4n) is 1.90. The van der Waals surface area contributed by atoms with Crippen LogP contribution >= 0.6 is 0 Å². The van der Waals surface area contributed by atoms with Gasteiger partial charge in [0.1, 0.15) is 0 Å². The highest BCUT2D eigenvalue weighted by atomic mass is 28.4. The van der Waals surface area contributed by atoms with Crippen LogP contribution in [0, 0.1) is 0 Å². The minimum Gasteiger partial charge on any atom is -0.457 e. The van der Waals surface area contributed by atoms with Crippen LogP contribution in [-0.4, -0.2) is 55.7 Å². The van der Waals surface area contributed by atoms with E-state index in [0.717, 1.165) is 26.1 Å². The molecule has 0 amide bonds. The van der Waals surface area contributed by atoms with E-state index in [2.05, 4.69) is 36.8 Å². The molecule has 2 atom stereocenters. The van der Waals surface area contributed by atoms with Gasteiger partial charge in [-0.3, -0.25) is 0 Å². The number of nitrogens with two attached hydrogens (primary N) is 2. The third kappa shape index (κ3) is 10.2. The summed E-state index contributed by atoms with van der Waals surface area (Å²) in [6, 6.07) is 0. The molecule has 2 unspecified atom stereocenters. The summed E-state index contributed by atoms with van der Waals surface area (Å²) in [5.74, 6) is 0. The minimum atomic E-state index is -1.43. The first-order chi connectivity index (χ1) is 8.40. The van der Waals surface area contributed by atoms with Crippen molar-refractivity contribution in [1.29, 1.82) is 0 Å². The normalized spacial score (nSPS) is 15.7. The summed E-state index contributed by atoms with van der Waals surface area (Å²) in [6.07, 6.45) is 1.10. The fourth-order valence-corrected chi connectivity index (χ4v) is 8.15. The van der Waals surface area contributed by atoms with Gasteiger partial charge in [0.15, 0.2) is 17.4 Å². The molecule has 0 rings (SSSR count). The zero-order valence-corrected chi connectivity index (χ0v) is 14.6. The Labute approximate surface area is 115 Å². The molecule has 0 aromatic carbocycles. The highest BCUT2D eigenvalue weighted by molar-refractivity contribution is 6.77. The highest BCUT2D eigenvalue weighted by Crippen LogP contribution is 2.09. The molecule has 0 saturated heterocycles. The molecule has 0 saturated carbocycles. The fraction of sp³-hybridized carbons (Fsp3) is 1.00. The lowest BCUT2D eigenvalue weighted by atomic mass is 10.4. The SMILES string of the molecule is C[SiH](O[Si](C)(C)C)C(CCNCCN)NCCN. The van der Waals surface area contributed by atoms with Gasteiger partial charge in [0.25, 0.3) is 0 Å². The second-order valence-corrected chi connectivity index (χ2v) is 13.0. The Morgan fingerprint density at radius 2 is 1.72 bits per heavy atom. The Bertz CT molecular complexity index is 202. The van der Waals surface area contributed by atoms with E-state index in [0.29, 0.717) is 18.8 Å². The van der Waals surface area contributed by atoms with Crippen molar-refractivity contribution in [2.75, 3.05) is 32.7 Å². The highest BCUT2D eigenvalue weighted by Gasteiger charge is 2.25. The van der Waals surface area contributed by atoms with Gasteiger partial charge in [-0.2, -0.15) is 0 Å². The molecule has 0 heterocycles. The average Bonchev–Trinajstić information content (AvgIpc) is 2.25. The van der Waals surface area contributed by atoms with Crippen molar-refractivity contribution in [2.24, 2.45) is 11.5 Å². The molecular weight excluding hydrogens is 260 g/mol. The Morgan fingerprint density at radius 1 is 1.11 bits per heavy atom. The predicted octanol–water partition coefficient (Wildman–Crippen LogP) is -0.414. The van der Waals surface area contributed by atoms with Crippen molar-refractivity contribution in [3.05, 3.63) is 0 Å². The van der Waals surface area contributed by atoms with E-state index in [-0.39, 0.29) is 0 Å². The lowest BCUT2D eigenvalue weighted by Crippen LogP contribution is -2.50. The molecular formula is C11H32N4OSi2. The summed E-state index contributed by atoms with van der Waals surface area (Å²) >= 11 is 0. The lowest BCUT2D eigenvalue weighted by molar-refractivity contribution is 0.490. The summed E-state index contributed by atoms with van der Waals surface area (Å²) in [6.45, 7) is 13.2. The predicted molar refractivity (Wildman–Crippen MR) is 84.8 cm³/mol. The first kappa shape index (κ1) is 18.2. The van der Waals surface area contributed by atoms with Crippen LogP contribution in [0.15, 0.2) is 0 Å². The molecule has 0 aliphatic heterocycles. The van der Waals surface area contributed by atoms with Crippen LogP contribution in [0.5, 0.6) is 0 Å². The Kier molecular flexibility index (Phi) is 10.2. The lowest BCUT2D eigenvalue weighted by Gasteiger charge is -2.30. The molecule has 7 heteroatoms. The molecule has 5 nitrogen and oxygen atoms in total. The second-order valence-electron chi connectivity index (χ2n) is 5.61. The zero-order valence-electron chi connectivity index (χ0n) is 12.5. The first-order valence-corrected chi connectivity index (χ1v) is 12.6. The van der Waals surface area contributed by atoms with Crippen molar-refractivity contribution in [3.8, 4) is 0 Å². The standard InChI is InChI=1S/C11H32N4OSi2/c1-17(16-18(2,3)4)11(15-10-7-13)5-8-14-9-6-12/h11,14-15,17H,5-10,12-13H2,1-4H3. The molecule has 0 aliphatic rings. The third-order valence-corrected chi connectivity index (χ3v) is 8.63. The van der Waals surface area contributed by atoms with Crippen LogP contribution in [0.25, 0.3) is 0 Å². The van der Waals surface area contributed by atoms with Gasteiger partial charge in [-0.05, 0) is 39.2 Å². The molecule has 0 radical (unpaired) electrons. The van der Waals surface area contributed by atoms with E-state index in [1.165, 1.54) is 0 Å². The van der Waals surface area contributed by atoms with Gasteiger partial charge in [-0.25, -0.2) is 0 Å². The average molecular weight is 293 g/mol. The molecule has 0 bridgehead atoms. The quantitative estimate of drug-likeness (QED) is 0.307. The molecule has 0 aromatic rings. The van der Waals surface area contributed by atoms with Gasteiger partial charge in [0.2, 0.25) is 0 Å². The van der Waals surface area contributed by atoms with Gasteiger partial charge < -0.3 is 26.2 Å².